The van der Waals surface area contributed by atoms with Crippen molar-refractivity contribution >= 4 is 29.3 Å². The van der Waals surface area contributed by atoms with Crippen LogP contribution in [0.5, 0.6) is 0 Å². The van der Waals surface area contributed by atoms with Crippen molar-refractivity contribution < 1.29 is 19.2 Å². The smallest absolute Gasteiger partial charge is 0.255 e. The van der Waals surface area contributed by atoms with Crippen LogP contribution < -0.4 is 26.2 Å². The Morgan fingerprint density at radius 2 is 0.830 bits per heavy atom. The Labute approximate surface area is 284 Å². The largest absolute Gasteiger partial charge is 0.354 e. The summed E-state index contributed by atoms with van der Waals surface area (Å²) in [5.41, 5.74) is -3.19. The second kappa shape index (κ2) is 22.4. The summed E-state index contributed by atoms with van der Waals surface area (Å²) in [6, 6.07) is 3.36. The Morgan fingerprint density at radius 1 is 0.532 bits per heavy atom. The second-order valence-electron chi connectivity index (χ2n) is 13.0. The lowest BCUT2D eigenvalue weighted by Gasteiger charge is -2.45. The van der Waals surface area contributed by atoms with Crippen LogP contribution in [0.4, 0.5) is 5.69 Å². The number of rotatable bonds is 25. The van der Waals surface area contributed by atoms with E-state index in [1.54, 1.807) is 24.5 Å². The van der Waals surface area contributed by atoms with Gasteiger partial charge < -0.3 is 26.2 Å². The highest BCUT2D eigenvalue weighted by Gasteiger charge is 2.68. The van der Waals surface area contributed by atoms with E-state index in [0.717, 1.165) is 103 Å². The number of aromatic nitrogens is 1. The van der Waals surface area contributed by atoms with E-state index in [1.807, 2.05) is 0 Å². The molecule has 10 heteroatoms. The molecule has 0 unspecified atom stereocenters. The molecule has 2 rings (SSSR count). The molecule has 1 fully saturated rings. The Balaban J connectivity index is 2.61. The summed E-state index contributed by atoms with van der Waals surface area (Å²) < 4.78 is 0. The third-order valence-corrected chi connectivity index (χ3v) is 9.30. The summed E-state index contributed by atoms with van der Waals surface area (Å²) in [6.45, 7) is 10.2. The van der Waals surface area contributed by atoms with Crippen LogP contribution in [0, 0.1) is 0 Å². The van der Waals surface area contributed by atoms with Gasteiger partial charge in [0.15, 0.2) is 11.1 Å². The highest BCUT2D eigenvalue weighted by molar-refractivity contribution is 6.21. The fourth-order valence-electron chi connectivity index (χ4n) is 6.51. The molecule has 1 saturated heterocycles. The number of hydrogen-bond donors (Lipinski definition) is 4. The summed E-state index contributed by atoms with van der Waals surface area (Å²) >= 11 is 0. The fraction of sp³-hybridized carbons (Fsp3) is 0.757. The third kappa shape index (κ3) is 11.2. The van der Waals surface area contributed by atoms with Gasteiger partial charge >= 0.3 is 0 Å². The van der Waals surface area contributed by atoms with Crippen molar-refractivity contribution in [3.05, 3.63) is 24.5 Å². The Hall–Kier alpha value is -3.17. The summed E-state index contributed by atoms with van der Waals surface area (Å²) in [5.74, 6) is -1.93. The lowest BCUT2D eigenvalue weighted by molar-refractivity contribution is -0.138. The van der Waals surface area contributed by atoms with Crippen molar-refractivity contribution in [3.63, 3.8) is 0 Å². The van der Waals surface area contributed by atoms with Gasteiger partial charge in [0, 0.05) is 44.3 Å². The highest BCUT2D eigenvalue weighted by atomic mass is 16.2. The van der Waals surface area contributed by atoms with Crippen LogP contribution in [0.15, 0.2) is 24.5 Å². The van der Waals surface area contributed by atoms with Crippen LogP contribution in [0.2, 0.25) is 0 Å². The minimum Gasteiger partial charge on any atom is -0.354 e. The second-order valence-corrected chi connectivity index (χ2v) is 13.0. The first-order valence-corrected chi connectivity index (χ1v) is 18.7. The van der Waals surface area contributed by atoms with E-state index in [4.69, 9.17) is 0 Å². The Bertz CT molecular complexity index is 950. The first kappa shape index (κ1) is 40.0. The molecule has 4 N–H and O–H groups in total. The number of carbonyl (C=O) groups excluding carboxylic acids is 4. The van der Waals surface area contributed by atoms with Gasteiger partial charge in [0.1, 0.15) is 0 Å². The molecule has 0 aromatic carbocycles. The van der Waals surface area contributed by atoms with Gasteiger partial charge in [-0.2, -0.15) is 0 Å². The lowest BCUT2D eigenvalue weighted by Crippen LogP contribution is -2.74. The van der Waals surface area contributed by atoms with Gasteiger partial charge in [-0.15, -0.1) is 0 Å². The maximum Gasteiger partial charge on any atom is 0.255 e. The van der Waals surface area contributed by atoms with E-state index in [0.29, 0.717) is 31.9 Å². The van der Waals surface area contributed by atoms with E-state index in [-0.39, 0.29) is 12.8 Å². The molecule has 0 atom stereocenters. The molecule has 47 heavy (non-hydrogen) atoms. The van der Waals surface area contributed by atoms with Crippen LogP contribution in [-0.4, -0.2) is 65.9 Å². The van der Waals surface area contributed by atoms with Gasteiger partial charge in [0.25, 0.3) is 23.6 Å². The maximum atomic E-state index is 14.5. The number of nitrogens with one attached hydrogen (secondary N) is 4. The average molecular weight is 657 g/mol. The number of hydrogen-bond acceptors (Lipinski definition) is 6. The normalized spacial score (nSPS) is 14.9. The molecule has 10 nitrogen and oxygen atoms in total. The zero-order valence-corrected chi connectivity index (χ0v) is 29.9. The number of nitrogens with zero attached hydrogens (tertiary/aromatic N) is 2. The van der Waals surface area contributed by atoms with Crippen LogP contribution in [0.1, 0.15) is 143 Å². The number of amides is 4. The minimum absolute atomic E-state index is 0.0173. The summed E-state index contributed by atoms with van der Waals surface area (Å²) in [5, 5.41) is 12.2. The van der Waals surface area contributed by atoms with Crippen LogP contribution in [-0.2, 0) is 19.2 Å². The van der Waals surface area contributed by atoms with Crippen LogP contribution >= 0.6 is 0 Å². The standard InChI is InChI=1S/C37H64N6O4/c1-5-9-13-17-25-39-32(44)36(33(45)40-26-18-14-10-6-2)23-24-37(34(46)41-27-19-15-11-7-3,35(47)42-28-20-16-12-8-4)43(36)31-21-29-38-30-22-31/h21-22,29-30H,5-20,23-28H2,1-4H3,(H,39,44)(H,40,45)(H,41,46)(H,42,47). The Kier molecular flexibility index (Phi) is 19.1. The van der Waals surface area contributed by atoms with Crippen molar-refractivity contribution in [1.82, 2.24) is 26.3 Å². The number of anilines is 1. The fourth-order valence-corrected chi connectivity index (χ4v) is 6.51. The molecule has 1 aromatic rings. The summed E-state index contributed by atoms with van der Waals surface area (Å²) in [7, 11) is 0. The summed E-state index contributed by atoms with van der Waals surface area (Å²) in [4.78, 5) is 63.6. The molecule has 1 aliphatic rings. The third-order valence-electron chi connectivity index (χ3n) is 9.30. The van der Waals surface area contributed by atoms with Gasteiger partial charge in [0.2, 0.25) is 0 Å². The van der Waals surface area contributed by atoms with E-state index in [2.05, 4.69) is 53.9 Å². The monoisotopic (exact) mass is 656 g/mol. The molecule has 266 valence electrons. The Morgan fingerprint density at radius 3 is 1.11 bits per heavy atom. The van der Waals surface area contributed by atoms with Crippen LogP contribution in [0.25, 0.3) is 0 Å². The summed E-state index contributed by atoms with van der Waals surface area (Å²) in [6.07, 6.45) is 18.7. The average Bonchev–Trinajstić information content (AvgIpc) is 3.46. The SMILES string of the molecule is CCCCCCNC(=O)C1(C(=O)NCCCCCC)CCC(C(=O)NCCCCCC)(C(=O)NCCCCCC)N1c1ccncc1. The van der Waals surface area contributed by atoms with Crippen molar-refractivity contribution in [2.24, 2.45) is 0 Å². The minimum atomic E-state index is -1.81. The first-order valence-electron chi connectivity index (χ1n) is 18.7. The predicted octanol–water partition coefficient (Wildman–Crippen LogP) is 5.95. The van der Waals surface area contributed by atoms with Gasteiger partial charge in [-0.05, 0) is 50.7 Å². The molecule has 0 spiro atoms. The topological polar surface area (TPSA) is 133 Å². The molecular formula is C37H64N6O4. The van der Waals surface area contributed by atoms with E-state index < -0.39 is 34.7 Å². The highest BCUT2D eigenvalue weighted by Crippen LogP contribution is 2.46. The predicted molar refractivity (Wildman–Crippen MR) is 190 cm³/mol. The number of unbranched alkanes of at least 4 members (excludes halogenated alkanes) is 12. The van der Waals surface area contributed by atoms with Gasteiger partial charge in [-0.3, -0.25) is 24.2 Å². The molecule has 2 heterocycles. The molecule has 0 bridgehead atoms. The lowest BCUT2D eigenvalue weighted by atomic mass is 9.92. The quantitative estimate of drug-likeness (QED) is 0.0760. The van der Waals surface area contributed by atoms with E-state index >= 15 is 0 Å². The molecule has 1 aliphatic heterocycles. The van der Waals surface area contributed by atoms with E-state index in [9.17, 15) is 19.2 Å². The molecule has 0 radical (unpaired) electrons. The van der Waals surface area contributed by atoms with Crippen molar-refractivity contribution in [1.29, 1.82) is 0 Å². The first-order chi connectivity index (χ1) is 22.9. The maximum absolute atomic E-state index is 14.5. The number of pyridine rings is 1. The molecule has 0 aliphatic carbocycles. The van der Waals surface area contributed by atoms with Crippen LogP contribution in [0.3, 0.4) is 0 Å². The zero-order valence-electron chi connectivity index (χ0n) is 29.9. The van der Waals surface area contributed by atoms with Crippen molar-refractivity contribution in [2.45, 2.75) is 154 Å². The van der Waals surface area contributed by atoms with Crippen molar-refractivity contribution in [2.75, 3.05) is 31.1 Å². The van der Waals surface area contributed by atoms with Gasteiger partial charge in [-0.25, -0.2) is 0 Å². The zero-order chi connectivity index (χ0) is 34.4. The van der Waals surface area contributed by atoms with Crippen molar-refractivity contribution in [3.8, 4) is 0 Å². The molecule has 0 saturated carbocycles. The van der Waals surface area contributed by atoms with E-state index in [1.165, 1.54) is 4.90 Å². The van der Waals surface area contributed by atoms with Gasteiger partial charge in [0.05, 0.1) is 0 Å². The van der Waals surface area contributed by atoms with Gasteiger partial charge in [-0.1, -0.05) is 105 Å². The molecular weight excluding hydrogens is 592 g/mol. The molecule has 4 amide bonds. The molecule has 1 aromatic heterocycles. The number of carbonyl (C=O) groups is 4.